The zero-order valence-corrected chi connectivity index (χ0v) is 13.6. The molecule has 3 heterocycles. The molecular formula is C18H13N3O2S. The van der Waals surface area contributed by atoms with Gasteiger partial charge < -0.3 is 9.72 Å². The lowest BCUT2D eigenvalue weighted by molar-refractivity contribution is 0.415. The summed E-state index contributed by atoms with van der Waals surface area (Å²) in [4.78, 5) is 24.9. The Morgan fingerprint density at radius 1 is 1.17 bits per heavy atom. The first-order chi connectivity index (χ1) is 11.8. The van der Waals surface area contributed by atoms with E-state index in [1.807, 2.05) is 41.8 Å². The van der Waals surface area contributed by atoms with Crippen LogP contribution in [0.4, 0.5) is 0 Å². The predicted octanol–water partition coefficient (Wildman–Crippen LogP) is 3.72. The van der Waals surface area contributed by atoms with Crippen molar-refractivity contribution in [2.24, 2.45) is 0 Å². The minimum atomic E-state index is -0.155. The molecule has 0 fully saturated rings. The minimum absolute atomic E-state index is 0.155. The van der Waals surface area contributed by atoms with Gasteiger partial charge in [-0.15, -0.1) is 11.3 Å². The highest BCUT2D eigenvalue weighted by molar-refractivity contribution is 7.17. The van der Waals surface area contributed by atoms with Gasteiger partial charge in [0.2, 0.25) is 0 Å². The fraction of sp³-hybridized carbons (Fsp3) is 0.0556. The number of aromatic amines is 1. The highest BCUT2D eigenvalue weighted by Gasteiger charge is 2.14. The quantitative estimate of drug-likeness (QED) is 0.619. The van der Waals surface area contributed by atoms with E-state index in [0.717, 1.165) is 22.4 Å². The van der Waals surface area contributed by atoms with Gasteiger partial charge in [-0.05, 0) is 29.8 Å². The molecule has 6 heteroatoms. The molecule has 4 rings (SSSR count). The van der Waals surface area contributed by atoms with Gasteiger partial charge in [0, 0.05) is 28.9 Å². The molecule has 0 bridgehead atoms. The maximum Gasteiger partial charge on any atom is 0.260 e. The number of aromatic nitrogens is 3. The molecule has 0 unspecified atom stereocenters. The van der Waals surface area contributed by atoms with E-state index in [-0.39, 0.29) is 5.56 Å². The van der Waals surface area contributed by atoms with Crippen LogP contribution < -0.4 is 10.3 Å². The molecule has 0 aliphatic heterocycles. The van der Waals surface area contributed by atoms with E-state index in [4.69, 9.17) is 4.74 Å². The zero-order chi connectivity index (χ0) is 16.5. The van der Waals surface area contributed by atoms with Crippen molar-refractivity contribution in [3.05, 3.63) is 64.5 Å². The number of H-pyrrole nitrogens is 1. The SMILES string of the molecule is COc1cccc(-c2csc3nc(-c4cccnc4)[nH]c(=O)c23)c1. The van der Waals surface area contributed by atoms with Crippen LogP contribution in [-0.4, -0.2) is 22.1 Å². The number of hydrogen-bond donors (Lipinski definition) is 1. The summed E-state index contributed by atoms with van der Waals surface area (Å²) >= 11 is 1.45. The summed E-state index contributed by atoms with van der Waals surface area (Å²) in [5.41, 5.74) is 2.42. The van der Waals surface area contributed by atoms with Gasteiger partial charge >= 0.3 is 0 Å². The zero-order valence-electron chi connectivity index (χ0n) is 12.8. The average molecular weight is 335 g/mol. The summed E-state index contributed by atoms with van der Waals surface area (Å²) in [5, 5.41) is 2.55. The van der Waals surface area contributed by atoms with E-state index in [1.54, 1.807) is 19.5 Å². The van der Waals surface area contributed by atoms with Crippen molar-refractivity contribution >= 4 is 21.6 Å². The first-order valence-corrected chi connectivity index (χ1v) is 8.20. The Kier molecular flexibility index (Phi) is 3.59. The van der Waals surface area contributed by atoms with Crippen molar-refractivity contribution in [1.29, 1.82) is 0 Å². The standard InChI is InChI=1S/C18H13N3O2S/c1-23-13-6-2-4-11(8-13)14-10-24-18-15(14)17(22)20-16(21-18)12-5-3-7-19-9-12/h2-10H,1H3,(H,20,21,22). The highest BCUT2D eigenvalue weighted by atomic mass is 32.1. The van der Waals surface area contributed by atoms with E-state index >= 15 is 0 Å². The molecule has 118 valence electrons. The topological polar surface area (TPSA) is 67.9 Å². The number of pyridine rings is 1. The molecule has 0 aliphatic rings. The highest BCUT2D eigenvalue weighted by Crippen LogP contribution is 2.33. The Morgan fingerprint density at radius 2 is 2.04 bits per heavy atom. The molecule has 0 aliphatic carbocycles. The molecule has 0 amide bonds. The summed E-state index contributed by atoms with van der Waals surface area (Å²) in [6.45, 7) is 0. The van der Waals surface area contributed by atoms with Gasteiger partial charge in [-0.3, -0.25) is 9.78 Å². The van der Waals surface area contributed by atoms with Gasteiger partial charge in [0.15, 0.2) is 0 Å². The molecule has 5 nitrogen and oxygen atoms in total. The van der Waals surface area contributed by atoms with Crippen LogP contribution in [0.2, 0.25) is 0 Å². The molecule has 1 N–H and O–H groups in total. The molecule has 24 heavy (non-hydrogen) atoms. The van der Waals surface area contributed by atoms with E-state index in [1.165, 1.54) is 11.3 Å². The number of rotatable bonds is 3. The summed E-state index contributed by atoms with van der Waals surface area (Å²) in [5.74, 6) is 1.28. The van der Waals surface area contributed by atoms with Crippen LogP contribution in [0.15, 0.2) is 59.0 Å². The number of ether oxygens (including phenoxy) is 1. The fourth-order valence-electron chi connectivity index (χ4n) is 2.59. The molecule has 0 radical (unpaired) electrons. The molecule has 0 saturated heterocycles. The molecule has 1 aromatic carbocycles. The maximum atomic E-state index is 12.6. The van der Waals surface area contributed by atoms with Crippen LogP contribution in [0.25, 0.3) is 32.7 Å². The Bertz CT molecular complexity index is 1070. The number of hydrogen-bond acceptors (Lipinski definition) is 5. The number of thiophene rings is 1. The molecular weight excluding hydrogens is 322 g/mol. The fourth-order valence-corrected chi connectivity index (χ4v) is 3.54. The van der Waals surface area contributed by atoms with E-state index in [2.05, 4.69) is 15.0 Å². The van der Waals surface area contributed by atoms with Gasteiger partial charge in [-0.25, -0.2) is 4.98 Å². The van der Waals surface area contributed by atoms with Crippen molar-refractivity contribution in [2.75, 3.05) is 7.11 Å². The lowest BCUT2D eigenvalue weighted by Crippen LogP contribution is -2.09. The maximum absolute atomic E-state index is 12.6. The molecule has 3 aromatic heterocycles. The van der Waals surface area contributed by atoms with Crippen molar-refractivity contribution in [3.8, 4) is 28.3 Å². The van der Waals surface area contributed by atoms with Crippen molar-refractivity contribution < 1.29 is 4.74 Å². The van der Waals surface area contributed by atoms with Gasteiger partial charge in [-0.2, -0.15) is 0 Å². The van der Waals surface area contributed by atoms with Crippen molar-refractivity contribution in [1.82, 2.24) is 15.0 Å². The monoisotopic (exact) mass is 335 g/mol. The Morgan fingerprint density at radius 3 is 2.83 bits per heavy atom. The predicted molar refractivity (Wildman–Crippen MR) is 95.5 cm³/mol. The van der Waals surface area contributed by atoms with Crippen LogP contribution in [0.1, 0.15) is 0 Å². The summed E-state index contributed by atoms with van der Waals surface area (Å²) in [7, 11) is 1.62. The van der Waals surface area contributed by atoms with Crippen LogP contribution in [0.5, 0.6) is 5.75 Å². The van der Waals surface area contributed by atoms with Crippen LogP contribution in [-0.2, 0) is 0 Å². The number of methoxy groups -OCH3 is 1. The number of nitrogens with zero attached hydrogens (tertiary/aromatic N) is 2. The third-order valence-corrected chi connectivity index (χ3v) is 4.63. The Balaban J connectivity index is 1.90. The first kappa shape index (κ1) is 14.6. The van der Waals surface area contributed by atoms with Crippen LogP contribution in [0.3, 0.4) is 0 Å². The largest absolute Gasteiger partial charge is 0.497 e. The van der Waals surface area contributed by atoms with Gasteiger partial charge in [0.05, 0.1) is 12.5 Å². The normalized spacial score (nSPS) is 10.9. The average Bonchev–Trinajstić information content (AvgIpc) is 3.07. The molecule has 0 saturated carbocycles. The molecule has 0 atom stereocenters. The van der Waals surface area contributed by atoms with Crippen molar-refractivity contribution in [3.63, 3.8) is 0 Å². The van der Waals surface area contributed by atoms with E-state index in [0.29, 0.717) is 16.0 Å². The smallest absolute Gasteiger partial charge is 0.260 e. The minimum Gasteiger partial charge on any atom is -0.497 e. The van der Waals surface area contributed by atoms with Crippen LogP contribution in [0, 0.1) is 0 Å². The van der Waals surface area contributed by atoms with Gasteiger partial charge in [-0.1, -0.05) is 12.1 Å². The van der Waals surface area contributed by atoms with Gasteiger partial charge in [0.25, 0.3) is 5.56 Å². The first-order valence-electron chi connectivity index (χ1n) is 7.32. The second-order valence-electron chi connectivity index (χ2n) is 5.22. The lowest BCUT2D eigenvalue weighted by Gasteiger charge is -2.04. The van der Waals surface area contributed by atoms with Crippen LogP contribution >= 0.6 is 11.3 Å². The molecule has 4 aromatic rings. The lowest BCUT2D eigenvalue weighted by atomic mass is 10.1. The summed E-state index contributed by atoms with van der Waals surface area (Å²) in [6.07, 6.45) is 3.37. The number of nitrogens with one attached hydrogen (secondary N) is 1. The Hall–Kier alpha value is -2.99. The second-order valence-corrected chi connectivity index (χ2v) is 6.08. The van der Waals surface area contributed by atoms with Crippen molar-refractivity contribution in [2.45, 2.75) is 0 Å². The summed E-state index contributed by atoms with van der Waals surface area (Å²) in [6, 6.07) is 11.3. The van der Waals surface area contributed by atoms with Gasteiger partial charge in [0.1, 0.15) is 16.4 Å². The van der Waals surface area contributed by atoms with E-state index < -0.39 is 0 Å². The third-order valence-electron chi connectivity index (χ3n) is 3.76. The second kappa shape index (κ2) is 5.90. The van der Waals surface area contributed by atoms with E-state index in [9.17, 15) is 4.79 Å². The molecule has 0 spiro atoms. The summed E-state index contributed by atoms with van der Waals surface area (Å²) < 4.78 is 5.27. The third kappa shape index (κ3) is 2.47. The number of fused-ring (bicyclic) bond motifs is 1. The number of benzene rings is 1. The Labute approximate surface area is 141 Å².